The van der Waals surface area contributed by atoms with E-state index in [1.807, 2.05) is 39.8 Å². The number of unbranched alkanes of at least 4 members (excludes halogenated alkanes) is 2. The first-order valence-electron chi connectivity index (χ1n) is 22.3. The van der Waals surface area contributed by atoms with Crippen molar-refractivity contribution in [2.45, 2.75) is 105 Å². The predicted molar refractivity (Wildman–Crippen MR) is 250 cm³/mol. The van der Waals surface area contributed by atoms with Crippen LogP contribution in [0.3, 0.4) is 0 Å². The Kier molecular flexibility index (Phi) is 18.1. The van der Waals surface area contributed by atoms with Crippen LogP contribution in [-0.4, -0.2) is 89.8 Å². The number of aromatic nitrogens is 2. The number of nitrogens with zero attached hydrogens (tertiary/aromatic N) is 3. The van der Waals surface area contributed by atoms with E-state index in [4.69, 9.17) is 25.8 Å². The zero-order valence-electron chi connectivity index (χ0n) is 39.0. The molecule has 1 aliphatic rings. The molecule has 3 N–H and O–H groups in total. The molecule has 0 spiro atoms. The Hall–Kier alpha value is -4.89. The molecule has 1 aliphatic heterocycles. The van der Waals surface area contributed by atoms with Crippen molar-refractivity contribution in [3.63, 3.8) is 0 Å². The Bertz CT molecular complexity index is 2270. The second-order valence-corrected chi connectivity index (χ2v) is 18.3. The van der Waals surface area contributed by atoms with E-state index in [9.17, 15) is 27.9 Å². The number of likely N-dealkylation sites (tertiary alicyclic amines) is 1. The molecule has 2 amide bonds. The number of phenolic OH excluding ortho intramolecular Hbond substituents is 1. The van der Waals surface area contributed by atoms with Gasteiger partial charge in [-0.3, -0.25) is 14.3 Å². The van der Waals surface area contributed by atoms with Crippen LogP contribution in [0.25, 0.3) is 28.0 Å². The van der Waals surface area contributed by atoms with E-state index < -0.39 is 34.3 Å². The summed E-state index contributed by atoms with van der Waals surface area (Å²) in [6, 6.07) is 15.8. The number of phenols is 1. The van der Waals surface area contributed by atoms with Crippen LogP contribution in [0.1, 0.15) is 96.0 Å². The molecule has 1 fully saturated rings. The zero-order valence-corrected chi connectivity index (χ0v) is 39.7. The SMILES string of the molecule is CC(C)=C(C)c1ccc(CNC(=O)C2CCCN2C(=O)C(NCCOCCOCCCCCOc2ccc(-c3cc(C)nn3C)c(O)c2-c2ccc(Cl)c(C(F)(F)F)c2)C(C)(C)C)cc1. The van der Waals surface area contributed by atoms with E-state index >= 15 is 0 Å². The van der Waals surface area contributed by atoms with Crippen molar-refractivity contribution >= 4 is 29.0 Å². The molecule has 0 saturated carbocycles. The maximum absolute atomic E-state index is 13.9. The molecule has 15 heteroatoms. The smallest absolute Gasteiger partial charge is 0.417 e. The Balaban J connectivity index is 1.02. The van der Waals surface area contributed by atoms with Gasteiger partial charge >= 0.3 is 6.18 Å². The van der Waals surface area contributed by atoms with Crippen molar-refractivity contribution in [2.24, 2.45) is 12.5 Å². The fraction of sp³-hybridized carbons (Fsp3) is 0.500. The van der Waals surface area contributed by atoms with Crippen LogP contribution in [0.2, 0.25) is 5.02 Å². The first-order valence-corrected chi connectivity index (χ1v) is 22.7. The number of rotatable bonds is 21. The number of aryl methyl sites for hydroxylation is 2. The first-order chi connectivity index (χ1) is 30.8. The van der Waals surface area contributed by atoms with E-state index in [0.29, 0.717) is 70.2 Å². The fourth-order valence-corrected chi connectivity index (χ4v) is 8.13. The number of allylic oxidation sites excluding steroid dienone is 2. The standard InChI is InChI=1S/C50H65ClF3N5O6/c1-32(2)34(4)36-16-14-35(15-17-36)31-56-47(61)41-13-12-23-59(41)48(62)46(49(5,6)7)55-22-26-64-28-27-63-24-10-9-11-25-65-43-21-19-38(42-29-33(3)57-58(42)8)45(60)44(43)37-18-20-40(51)39(30-37)50(52,53)54/h14-21,29-30,41,46,55,60H,9-13,22-28,31H2,1-8H3,(H,56,61). The average Bonchev–Trinajstić information content (AvgIpc) is 3.88. The summed E-state index contributed by atoms with van der Waals surface area (Å²) in [4.78, 5) is 29.0. The van der Waals surface area contributed by atoms with Crippen LogP contribution in [0.15, 0.2) is 66.2 Å². The second kappa shape index (κ2) is 23.0. The van der Waals surface area contributed by atoms with Crippen molar-refractivity contribution < 1.29 is 42.1 Å². The van der Waals surface area contributed by atoms with E-state index in [1.165, 1.54) is 23.3 Å². The van der Waals surface area contributed by atoms with Gasteiger partial charge in [-0.15, -0.1) is 0 Å². The van der Waals surface area contributed by atoms with Gasteiger partial charge in [0.25, 0.3) is 0 Å². The van der Waals surface area contributed by atoms with Gasteiger partial charge in [0.05, 0.1) is 60.0 Å². The summed E-state index contributed by atoms with van der Waals surface area (Å²) >= 11 is 5.92. The second-order valence-electron chi connectivity index (χ2n) is 17.9. The maximum Gasteiger partial charge on any atom is 0.417 e. The minimum Gasteiger partial charge on any atom is -0.506 e. The molecule has 3 aromatic carbocycles. The number of alkyl halides is 3. The molecular formula is C50H65ClF3N5O6. The molecule has 1 aromatic heterocycles. The Morgan fingerprint density at radius 1 is 0.923 bits per heavy atom. The van der Waals surface area contributed by atoms with E-state index in [2.05, 4.69) is 48.6 Å². The Morgan fingerprint density at radius 3 is 2.26 bits per heavy atom. The highest BCUT2D eigenvalue weighted by molar-refractivity contribution is 6.31. The monoisotopic (exact) mass is 923 g/mol. The van der Waals surface area contributed by atoms with E-state index in [-0.39, 0.29) is 41.0 Å². The van der Waals surface area contributed by atoms with Crippen molar-refractivity contribution in [1.82, 2.24) is 25.3 Å². The summed E-state index contributed by atoms with van der Waals surface area (Å²) in [7, 11) is 1.73. The summed E-state index contributed by atoms with van der Waals surface area (Å²) in [5.41, 5.74) is 5.22. The molecule has 354 valence electrons. The minimum absolute atomic E-state index is 0.0844. The molecule has 1 saturated heterocycles. The van der Waals surface area contributed by atoms with Crippen LogP contribution in [-0.2, 0) is 38.8 Å². The van der Waals surface area contributed by atoms with Gasteiger partial charge in [0.2, 0.25) is 11.8 Å². The summed E-state index contributed by atoms with van der Waals surface area (Å²) in [6.45, 7) is 17.4. The zero-order chi connectivity index (χ0) is 47.5. The van der Waals surface area contributed by atoms with Crippen LogP contribution < -0.4 is 15.4 Å². The van der Waals surface area contributed by atoms with E-state index in [1.54, 1.807) is 34.8 Å². The van der Waals surface area contributed by atoms with Crippen LogP contribution in [0, 0.1) is 12.3 Å². The maximum atomic E-state index is 13.9. The molecule has 65 heavy (non-hydrogen) atoms. The van der Waals surface area contributed by atoms with Gasteiger partial charge in [-0.1, -0.05) is 68.3 Å². The lowest BCUT2D eigenvalue weighted by Crippen LogP contribution is -2.57. The summed E-state index contributed by atoms with van der Waals surface area (Å²) in [6.07, 6.45) is -1.13. The lowest BCUT2D eigenvalue weighted by Gasteiger charge is -2.35. The van der Waals surface area contributed by atoms with Gasteiger partial charge in [0.1, 0.15) is 17.5 Å². The topological polar surface area (TPSA) is 127 Å². The molecule has 2 heterocycles. The first kappa shape index (κ1) is 51.1. The van der Waals surface area contributed by atoms with Gasteiger partial charge in [-0.25, -0.2) is 0 Å². The summed E-state index contributed by atoms with van der Waals surface area (Å²) < 4.78 is 60.7. The van der Waals surface area contributed by atoms with Crippen LogP contribution in [0.4, 0.5) is 13.2 Å². The number of amides is 2. The largest absolute Gasteiger partial charge is 0.506 e. The lowest BCUT2D eigenvalue weighted by atomic mass is 9.85. The number of halogens is 4. The highest BCUT2D eigenvalue weighted by Crippen LogP contribution is 2.46. The normalized spacial score (nSPS) is 14.7. The molecule has 2 unspecified atom stereocenters. The molecule has 11 nitrogen and oxygen atoms in total. The number of benzene rings is 3. The molecule has 0 aliphatic carbocycles. The van der Waals surface area contributed by atoms with Gasteiger partial charge in [-0.2, -0.15) is 18.3 Å². The van der Waals surface area contributed by atoms with Crippen molar-refractivity contribution in [2.75, 3.05) is 46.1 Å². The minimum atomic E-state index is -4.69. The number of hydrogen-bond acceptors (Lipinski definition) is 8. The summed E-state index contributed by atoms with van der Waals surface area (Å²) in [5.74, 6) is -0.205. The molecule has 0 radical (unpaired) electrons. The molecule has 4 aromatic rings. The van der Waals surface area contributed by atoms with Gasteiger partial charge < -0.3 is 34.9 Å². The Morgan fingerprint density at radius 2 is 1.62 bits per heavy atom. The number of carbonyl (C=O) groups excluding carboxylic acids is 2. The number of ether oxygens (including phenoxy) is 3. The number of hydrogen-bond donors (Lipinski definition) is 3. The average molecular weight is 925 g/mol. The van der Waals surface area contributed by atoms with Crippen molar-refractivity contribution in [3.05, 3.63) is 93.6 Å². The predicted octanol–water partition coefficient (Wildman–Crippen LogP) is 10.1. The summed E-state index contributed by atoms with van der Waals surface area (Å²) in [5, 5.41) is 21.8. The van der Waals surface area contributed by atoms with Crippen molar-refractivity contribution in [1.29, 1.82) is 0 Å². The molecular weight excluding hydrogens is 859 g/mol. The third-order valence-corrected chi connectivity index (χ3v) is 12.0. The molecule has 2 atom stereocenters. The third kappa shape index (κ3) is 13.8. The van der Waals surface area contributed by atoms with Crippen molar-refractivity contribution in [3.8, 4) is 33.9 Å². The van der Waals surface area contributed by atoms with Gasteiger partial charge in [0.15, 0.2) is 0 Å². The quantitative estimate of drug-likeness (QED) is 0.0706. The molecule has 5 rings (SSSR count). The third-order valence-electron chi connectivity index (χ3n) is 11.7. The van der Waals surface area contributed by atoms with Gasteiger partial charge in [0, 0.05) is 38.9 Å². The number of carbonyl (C=O) groups is 2. The lowest BCUT2D eigenvalue weighted by molar-refractivity contribution is -0.142. The fourth-order valence-electron chi connectivity index (χ4n) is 7.90. The number of aromatic hydroxyl groups is 1. The van der Waals surface area contributed by atoms with Crippen LogP contribution in [0.5, 0.6) is 11.5 Å². The highest BCUT2D eigenvalue weighted by Gasteiger charge is 2.41. The van der Waals surface area contributed by atoms with Crippen LogP contribution >= 0.6 is 11.6 Å². The molecule has 0 bridgehead atoms. The Labute approximate surface area is 386 Å². The number of nitrogens with one attached hydrogen (secondary N) is 2. The van der Waals surface area contributed by atoms with E-state index in [0.717, 1.165) is 42.1 Å². The highest BCUT2D eigenvalue weighted by atomic mass is 35.5. The van der Waals surface area contributed by atoms with Gasteiger partial charge in [-0.05, 0) is 118 Å².